The fourth-order valence-electron chi connectivity index (χ4n) is 2.51. The molecule has 8 heteroatoms. The Kier molecular flexibility index (Phi) is 4.06. The molecule has 1 aromatic rings. The number of carboxylic acid groups (broad SMARTS) is 1. The van der Waals surface area contributed by atoms with Gasteiger partial charge in [-0.25, -0.2) is 4.79 Å². The first-order valence-electron chi connectivity index (χ1n) is 6.46. The van der Waals surface area contributed by atoms with Crippen molar-refractivity contribution in [3.63, 3.8) is 0 Å². The number of nitro benzene ring substituents is 1. The molecule has 1 atom stereocenters. The molecule has 112 valence electrons. The summed E-state index contributed by atoms with van der Waals surface area (Å²) in [5.41, 5.74) is 5.25. The van der Waals surface area contributed by atoms with Gasteiger partial charge in [0.05, 0.1) is 22.1 Å². The molecule has 0 aliphatic carbocycles. The molecule has 1 amide bonds. The van der Waals surface area contributed by atoms with E-state index in [0.29, 0.717) is 31.6 Å². The highest BCUT2D eigenvalue weighted by molar-refractivity contribution is 5.95. The molecule has 0 aromatic heterocycles. The Balaban J connectivity index is 2.36. The molecule has 1 aliphatic rings. The van der Waals surface area contributed by atoms with Crippen molar-refractivity contribution in [2.75, 3.05) is 18.0 Å². The van der Waals surface area contributed by atoms with E-state index in [1.807, 2.05) is 0 Å². The van der Waals surface area contributed by atoms with Gasteiger partial charge in [-0.2, -0.15) is 0 Å². The average molecular weight is 293 g/mol. The van der Waals surface area contributed by atoms with E-state index in [9.17, 15) is 24.8 Å². The maximum atomic E-state index is 11.3. The molecule has 3 N–H and O–H groups in total. The smallest absolute Gasteiger partial charge is 0.338 e. The summed E-state index contributed by atoms with van der Waals surface area (Å²) in [4.78, 5) is 34.4. The number of hydrogen-bond donors (Lipinski definition) is 2. The van der Waals surface area contributed by atoms with Crippen LogP contribution in [0.5, 0.6) is 0 Å². The predicted molar refractivity (Wildman–Crippen MR) is 74.2 cm³/mol. The first-order chi connectivity index (χ1) is 9.90. The molecule has 1 fully saturated rings. The van der Waals surface area contributed by atoms with Crippen LogP contribution in [0.25, 0.3) is 0 Å². The third-order valence-corrected chi connectivity index (χ3v) is 3.59. The standard InChI is InChI=1S/C13H15N3O5/c14-12(17)8-2-1-5-15(7-8)11-4-3-9(16(20)21)6-10(11)13(18)19/h3-4,6,8H,1-2,5,7H2,(H2,14,17)(H,18,19). The van der Waals surface area contributed by atoms with Crippen molar-refractivity contribution in [1.29, 1.82) is 0 Å². The molecule has 21 heavy (non-hydrogen) atoms. The van der Waals surface area contributed by atoms with Crippen molar-refractivity contribution in [3.8, 4) is 0 Å². The molecule has 1 heterocycles. The quantitative estimate of drug-likeness (QED) is 0.629. The van der Waals surface area contributed by atoms with E-state index in [1.165, 1.54) is 12.1 Å². The van der Waals surface area contributed by atoms with Gasteiger partial charge < -0.3 is 15.7 Å². The number of piperidine rings is 1. The van der Waals surface area contributed by atoms with Gasteiger partial charge in [-0.05, 0) is 18.9 Å². The van der Waals surface area contributed by atoms with Gasteiger partial charge >= 0.3 is 5.97 Å². The Labute approximate surface area is 120 Å². The van der Waals surface area contributed by atoms with Crippen molar-refractivity contribution in [3.05, 3.63) is 33.9 Å². The number of aromatic carboxylic acids is 1. The number of nitrogens with zero attached hydrogens (tertiary/aromatic N) is 2. The maximum absolute atomic E-state index is 11.3. The van der Waals surface area contributed by atoms with Gasteiger partial charge in [0.25, 0.3) is 5.69 Å². The van der Waals surface area contributed by atoms with E-state index >= 15 is 0 Å². The molecule has 1 saturated heterocycles. The first-order valence-corrected chi connectivity index (χ1v) is 6.46. The number of non-ortho nitro benzene ring substituents is 1. The Morgan fingerprint density at radius 3 is 2.71 bits per heavy atom. The number of hydrogen-bond acceptors (Lipinski definition) is 5. The molecule has 1 aliphatic heterocycles. The minimum absolute atomic E-state index is 0.144. The lowest BCUT2D eigenvalue weighted by atomic mass is 9.96. The third kappa shape index (κ3) is 3.10. The van der Waals surface area contributed by atoms with Crippen LogP contribution >= 0.6 is 0 Å². The molecular weight excluding hydrogens is 278 g/mol. The fourth-order valence-corrected chi connectivity index (χ4v) is 2.51. The van der Waals surface area contributed by atoms with Gasteiger partial charge in [0, 0.05) is 25.2 Å². The molecule has 1 aromatic carbocycles. The summed E-state index contributed by atoms with van der Waals surface area (Å²) < 4.78 is 0. The van der Waals surface area contributed by atoms with Gasteiger partial charge in [0.2, 0.25) is 5.91 Å². The van der Waals surface area contributed by atoms with Gasteiger partial charge in [-0.15, -0.1) is 0 Å². The van der Waals surface area contributed by atoms with Gasteiger partial charge in [0.1, 0.15) is 0 Å². The van der Waals surface area contributed by atoms with Crippen molar-refractivity contribution < 1.29 is 19.6 Å². The van der Waals surface area contributed by atoms with E-state index in [-0.39, 0.29) is 17.2 Å². The number of nitro groups is 1. The third-order valence-electron chi connectivity index (χ3n) is 3.59. The van der Waals surface area contributed by atoms with Crippen LogP contribution in [0.15, 0.2) is 18.2 Å². The first kappa shape index (κ1) is 14.8. The van der Waals surface area contributed by atoms with Crippen LogP contribution in [0.4, 0.5) is 11.4 Å². The summed E-state index contributed by atoms with van der Waals surface area (Å²) in [5, 5.41) is 20.0. The summed E-state index contributed by atoms with van der Waals surface area (Å²) in [5.74, 6) is -2.00. The summed E-state index contributed by atoms with van der Waals surface area (Å²) in [6, 6.07) is 3.70. The molecule has 8 nitrogen and oxygen atoms in total. The number of anilines is 1. The number of rotatable bonds is 4. The summed E-state index contributed by atoms with van der Waals surface area (Å²) >= 11 is 0. The topological polar surface area (TPSA) is 127 Å². The summed E-state index contributed by atoms with van der Waals surface area (Å²) in [7, 11) is 0. The summed E-state index contributed by atoms with van der Waals surface area (Å²) in [6.45, 7) is 0.912. The number of amides is 1. The minimum Gasteiger partial charge on any atom is -0.478 e. The van der Waals surface area contributed by atoms with Crippen molar-refractivity contribution in [2.24, 2.45) is 11.7 Å². The van der Waals surface area contributed by atoms with Crippen LogP contribution in [0.2, 0.25) is 0 Å². The zero-order valence-corrected chi connectivity index (χ0v) is 11.2. The Morgan fingerprint density at radius 1 is 1.43 bits per heavy atom. The fraction of sp³-hybridized carbons (Fsp3) is 0.385. The molecule has 0 bridgehead atoms. The number of primary amides is 1. The van der Waals surface area contributed by atoms with Crippen molar-refractivity contribution in [1.82, 2.24) is 0 Å². The largest absolute Gasteiger partial charge is 0.478 e. The van der Waals surface area contributed by atoms with Gasteiger partial charge in [0.15, 0.2) is 0 Å². The monoisotopic (exact) mass is 293 g/mol. The van der Waals surface area contributed by atoms with E-state index in [0.717, 1.165) is 6.07 Å². The van der Waals surface area contributed by atoms with Gasteiger partial charge in [-0.3, -0.25) is 14.9 Å². The second kappa shape index (κ2) is 5.78. The van der Waals surface area contributed by atoms with Crippen LogP contribution in [-0.2, 0) is 4.79 Å². The zero-order valence-electron chi connectivity index (χ0n) is 11.2. The number of carbonyl (C=O) groups excluding carboxylic acids is 1. The number of nitrogens with two attached hydrogens (primary N) is 1. The van der Waals surface area contributed by atoms with Crippen molar-refractivity contribution in [2.45, 2.75) is 12.8 Å². The molecule has 0 saturated carbocycles. The lowest BCUT2D eigenvalue weighted by Gasteiger charge is -2.33. The molecule has 1 unspecified atom stereocenters. The Bertz CT molecular complexity index is 601. The van der Waals surface area contributed by atoms with Crippen LogP contribution in [0.3, 0.4) is 0 Å². The lowest BCUT2D eigenvalue weighted by Crippen LogP contribution is -2.41. The number of carbonyl (C=O) groups is 2. The molecule has 0 spiro atoms. The van der Waals surface area contributed by atoms with E-state index in [4.69, 9.17) is 5.73 Å². The second-order valence-corrected chi connectivity index (χ2v) is 4.95. The minimum atomic E-state index is -1.24. The number of carboxylic acids is 1. The predicted octanol–water partition coefficient (Wildman–Crippen LogP) is 0.995. The molecular formula is C13H15N3O5. The van der Waals surface area contributed by atoms with Gasteiger partial charge in [-0.1, -0.05) is 0 Å². The van der Waals surface area contributed by atoms with Crippen LogP contribution in [0.1, 0.15) is 23.2 Å². The second-order valence-electron chi connectivity index (χ2n) is 4.95. The average Bonchev–Trinajstić information content (AvgIpc) is 2.46. The van der Waals surface area contributed by atoms with Crippen LogP contribution in [0, 0.1) is 16.0 Å². The highest BCUT2D eigenvalue weighted by Gasteiger charge is 2.27. The Hall–Kier alpha value is -2.64. The highest BCUT2D eigenvalue weighted by atomic mass is 16.6. The SMILES string of the molecule is NC(=O)C1CCCN(c2ccc([N+](=O)[O-])cc2C(=O)O)C1. The molecule has 0 radical (unpaired) electrons. The number of benzene rings is 1. The van der Waals surface area contributed by atoms with E-state index in [2.05, 4.69) is 0 Å². The summed E-state index contributed by atoms with van der Waals surface area (Å²) in [6.07, 6.45) is 1.38. The molecule has 2 rings (SSSR count). The van der Waals surface area contributed by atoms with Crippen LogP contribution < -0.4 is 10.6 Å². The van der Waals surface area contributed by atoms with E-state index in [1.54, 1.807) is 4.90 Å². The van der Waals surface area contributed by atoms with E-state index < -0.39 is 16.8 Å². The maximum Gasteiger partial charge on any atom is 0.338 e. The lowest BCUT2D eigenvalue weighted by molar-refractivity contribution is -0.384. The Morgan fingerprint density at radius 2 is 2.14 bits per heavy atom. The van der Waals surface area contributed by atoms with Crippen molar-refractivity contribution >= 4 is 23.3 Å². The normalized spacial score (nSPS) is 18.3. The highest BCUT2D eigenvalue weighted by Crippen LogP contribution is 2.29. The zero-order chi connectivity index (χ0) is 15.6. The van der Waals surface area contributed by atoms with Crippen LogP contribution in [-0.4, -0.2) is 35.0 Å².